The summed E-state index contributed by atoms with van der Waals surface area (Å²) < 4.78 is 59.9. The third kappa shape index (κ3) is 5.05. The van der Waals surface area contributed by atoms with Crippen molar-refractivity contribution >= 4 is 37.3 Å². The van der Waals surface area contributed by atoms with E-state index in [1.165, 1.54) is 39.9 Å². The van der Waals surface area contributed by atoms with Crippen LogP contribution in [-0.2, 0) is 24.8 Å². The molecular formula is C20H25N3O6S3. The Hall–Kier alpha value is -1.83. The van der Waals surface area contributed by atoms with Gasteiger partial charge in [0.2, 0.25) is 10.0 Å². The van der Waals surface area contributed by atoms with Crippen LogP contribution in [0.4, 0.5) is 0 Å². The fraction of sp³-hybridized carbons (Fsp3) is 0.450. The van der Waals surface area contributed by atoms with E-state index < -0.39 is 20.0 Å². The molecule has 1 N–H and O–H groups in total. The van der Waals surface area contributed by atoms with Crippen LogP contribution in [0.5, 0.6) is 0 Å². The van der Waals surface area contributed by atoms with Gasteiger partial charge in [0, 0.05) is 44.9 Å². The van der Waals surface area contributed by atoms with E-state index >= 15 is 0 Å². The number of nitrogens with zero attached hydrogens (tertiary/aromatic N) is 2. The van der Waals surface area contributed by atoms with Gasteiger partial charge in [-0.1, -0.05) is 6.07 Å². The molecular weight excluding hydrogens is 474 g/mol. The van der Waals surface area contributed by atoms with Crippen LogP contribution < -0.4 is 4.72 Å². The van der Waals surface area contributed by atoms with Crippen molar-refractivity contribution in [3.63, 3.8) is 0 Å². The highest BCUT2D eigenvalue weighted by Crippen LogP contribution is 2.23. The lowest BCUT2D eigenvalue weighted by molar-refractivity contribution is 0.0698. The summed E-state index contributed by atoms with van der Waals surface area (Å²) in [6.45, 7) is 1.84. The van der Waals surface area contributed by atoms with Gasteiger partial charge in [-0.3, -0.25) is 4.79 Å². The number of nitrogens with one attached hydrogen (secondary N) is 1. The summed E-state index contributed by atoms with van der Waals surface area (Å²) in [6, 6.07) is 9.04. The van der Waals surface area contributed by atoms with Gasteiger partial charge in [0.15, 0.2) is 0 Å². The number of sulfonamides is 2. The Bertz CT molecular complexity index is 1130. The first-order valence-electron chi connectivity index (χ1n) is 10.3. The first-order valence-corrected chi connectivity index (χ1v) is 14.1. The predicted molar refractivity (Wildman–Crippen MR) is 120 cm³/mol. The summed E-state index contributed by atoms with van der Waals surface area (Å²) in [6.07, 6.45) is 1.66. The van der Waals surface area contributed by atoms with Crippen LogP contribution in [0, 0.1) is 0 Å². The van der Waals surface area contributed by atoms with E-state index in [-0.39, 0.29) is 49.6 Å². The van der Waals surface area contributed by atoms with E-state index in [1.54, 1.807) is 22.4 Å². The molecule has 12 heteroatoms. The number of benzene rings is 1. The van der Waals surface area contributed by atoms with Crippen molar-refractivity contribution in [2.75, 3.05) is 39.3 Å². The first-order chi connectivity index (χ1) is 15.3. The fourth-order valence-corrected chi connectivity index (χ4v) is 7.35. The van der Waals surface area contributed by atoms with Crippen LogP contribution in [-0.4, -0.2) is 77.4 Å². The van der Waals surface area contributed by atoms with E-state index in [1.807, 2.05) is 0 Å². The Balaban J connectivity index is 1.35. The predicted octanol–water partition coefficient (Wildman–Crippen LogP) is 1.35. The van der Waals surface area contributed by atoms with Crippen molar-refractivity contribution in [3.05, 3.63) is 47.3 Å². The van der Waals surface area contributed by atoms with Crippen LogP contribution in [0.3, 0.4) is 0 Å². The molecule has 9 nitrogen and oxygen atoms in total. The molecule has 32 heavy (non-hydrogen) atoms. The van der Waals surface area contributed by atoms with Crippen LogP contribution in [0.15, 0.2) is 50.9 Å². The van der Waals surface area contributed by atoms with E-state index in [9.17, 15) is 21.6 Å². The van der Waals surface area contributed by atoms with Gasteiger partial charge < -0.3 is 9.64 Å². The number of amides is 1. The highest BCUT2D eigenvalue weighted by Gasteiger charge is 2.31. The number of ether oxygens (including phenoxy) is 1. The molecule has 3 heterocycles. The monoisotopic (exact) mass is 499 g/mol. The SMILES string of the molecule is O=C(c1ccc(S(=O)(=O)NCC2CCCO2)cc1)N1CCN(S(=O)(=O)c2cccs2)CC1. The normalized spacial score (nSPS) is 20.5. The van der Waals surface area contributed by atoms with Crippen LogP contribution in [0.25, 0.3) is 0 Å². The molecule has 2 fully saturated rings. The number of hydrogen-bond acceptors (Lipinski definition) is 7. The minimum atomic E-state index is -3.69. The standard InChI is InChI=1S/C20H25N3O6S3/c24-20(22-9-11-23(12-10-22)32(27,28)19-4-2-14-30-19)16-5-7-18(8-6-16)31(25,26)21-15-17-3-1-13-29-17/h2,4-8,14,17,21H,1,3,9-13,15H2. The van der Waals surface area contributed by atoms with Crippen LogP contribution >= 0.6 is 11.3 Å². The Labute approximate surface area is 192 Å². The number of piperazine rings is 1. The van der Waals surface area contributed by atoms with Crippen molar-refractivity contribution in [1.82, 2.24) is 13.9 Å². The topological polar surface area (TPSA) is 113 Å². The summed E-state index contributed by atoms with van der Waals surface area (Å²) >= 11 is 1.17. The number of rotatable bonds is 7. The Morgan fingerprint density at radius 3 is 2.38 bits per heavy atom. The highest BCUT2D eigenvalue weighted by atomic mass is 32.2. The van der Waals surface area contributed by atoms with Crippen molar-refractivity contribution < 1.29 is 26.4 Å². The van der Waals surface area contributed by atoms with Gasteiger partial charge in [-0.15, -0.1) is 11.3 Å². The average Bonchev–Trinajstić information content (AvgIpc) is 3.52. The van der Waals surface area contributed by atoms with Crippen molar-refractivity contribution in [3.8, 4) is 0 Å². The van der Waals surface area contributed by atoms with Crippen molar-refractivity contribution in [1.29, 1.82) is 0 Å². The van der Waals surface area contributed by atoms with E-state index in [4.69, 9.17) is 4.74 Å². The first kappa shape index (κ1) is 23.3. The van der Waals surface area contributed by atoms with Gasteiger partial charge in [0.1, 0.15) is 4.21 Å². The maximum Gasteiger partial charge on any atom is 0.253 e. The molecule has 0 radical (unpaired) electrons. The summed E-state index contributed by atoms with van der Waals surface area (Å²) in [4.78, 5) is 14.5. The summed E-state index contributed by atoms with van der Waals surface area (Å²) in [5.41, 5.74) is 0.359. The quantitative estimate of drug-likeness (QED) is 0.615. The molecule has 0 saturated carbocycles. The molecule has 2 aliphatic rings. The zero-order valence-electron chi connectivity index (χ0n) is 17.3. The lowest BCUT2D eigenvalue weighted by Crippen LogP contribution is -2.50. The molecule has 1 aromatic carbocycles. The zero-order valence-corrected chi connectivity index (χ0v) is 19.8. The number of thiophene rings is 1. The van der Waals surface area contributed by atoms with Gasteiger partial charge in [-0.05, 0) is 48.6 Å². The lowest BCUT2D eigenvalue weighted by atomic mass is 10.2. The van der Waals surface area contributed by atoms with E-state index in [2.05, 4.69) is 4.72 Å². The molecule has 1 unspecified atom stereocenters. The molecule has 0 bridgehead atoms. The molecule has 0 spiro atoms. The van der Waals surface area contributed by atoms with Crippen molar-refractivity contribution in [2.45, 2.75) is 28.1 Å². The fourth-order valence-electron chi connectivity index (χ4n) is 3.72. The third-order valence-electron chi connectivity index (χ3n) is 5.55. The number of carbonyl (C=O) groups excluding carboxylic acids is 1. The molecule has 1 atom stereocenters. The minimum absolute atomic E-state index is 0.0823. The molecule has 1 aromatic heterocycles. The maximum atomic E-state index is 12.8. The molecule has 4 rings (SSSR count). The second kappa shape index (κ2) is 9.57. The maximum absolute atomic E-state index is 12.8. The van der Waals surface area contributed by atoms with Gasteiger partial charge in [-0.2, -0.15) is 4.31 Å². The molecule has 1 amide bonds. The minimum Gasteiger partial charge on any atom is -0.377 e. The van der Waals surface area contributed by atoms with Gasteiger partial charge in [0.25, 0.3) is 15.9 Å². The van der Waals surface area contributed by atoms with Gasteiger partial charge in [0.05, 0.1) is 11.0 Å². The second-order valence-corrected chi connectivity index (χ2v) is 12.5. The lowest BCUT2D eigenvalue weighted by Gasteiger charge is -2.33. The van der Waals surface area contributed by atoms with E-state index in [0.29, 0.717) is 16.4 Å². The zero-order chi connectivity index (χ0) is 22.8. The summed E-state index contributed by atoms with van der Waals surface area (Å²) in [7, 11) is -7.22. The Morgan fingerprint density at radius 2 is 1.78 bits per heavy atom. The summed E-state index contributed by atoms with van der Waals surface area (Å²) in [5.74, 6) is -0.255. The number of hydrogen-bond donors (Lipinski definition) is 1. The largest absolute Gasteiger partial charge is 0.377 e. The van der Waals surface area contributed by atoms with Gasteiger partial charge in [-0.25, -0.2) is 21.6 Å². The van der Waals surface area contributed by atoms with E-state index in [0.717, 1.165) is 12.8 Å². The third-order valence-corrected chi connectivity index (χ3v) is 10.3. The molecule has 2 saturated heterocycles. The smallest absolute Gasteiger partial charge is 0.253 e. The molecule has 0 aliphatic carbocycles. The highest BCUT2D eigenvalue weighted by molar-refractivity contribution is 7.91. The Kier molecular flexibility index (Phi) is 6.98. The van der Waals surface area contributed by atoms with Crippen molar-refractivity contribution in [2.24, 2.45) is 0 Å². The number of carbonyl (C=O) groups is 1. The molecule has 2 aromatic rings. The second-order valence-electron chi connectivity index (χ2n) is 7.64. The van der Waals surface area contributed by atoms with Crippen LogP contribution in [0.2, 0.25) is 0 Å². The molecule has 174 valence electrons. The molecule has 2 aliphatic heterocycles. The Morgan fingerprint density at radius 1 is 1.06 bits per heavy atom. The van der Waals surface area contributed by atoms with Gasteiger partial charge >= 0.3 is 0 Å². The summed E-state index contributed by atoms with van der Waals surface area (Å²) in [5, 5.41) is 1.72. The van der Waals surface area contributed by atoms with Crippen LogP contribution in [0.1, 0.15) is 23.2 Å². The average molecular weight is 500 g/mol.